The van der Waals surface area contributed by atoms with Gasteiger partial charge in [-0.1, -0.05) is 30.4 Å². The minimum absolute atomic E-state index is 0.323. The fourth-order valence-electron chi connectivity index (χ4n) is 3.02. The van der Waals surface area contributed by atoms with Crippen molar-refractivity contribution in [3.05, 3.63) is 72.5 Å². The van der Waals surface area contributed by atoms with Crippen LogP contribution in [-0.4, -0.2) is 20.2 Å². The van der Waals surface area contributed by atoms with Gasteiger partial charge >= 0.3 is 0 Å². The highest BCUT2D eigenvalue weighted by atomic mass is 19.1. The summed E-state index contributed by atoms with van der Waals surface area (Å²) in [5, 5.41) is 17.2. The molecule has 0 spiro atoms. The molecule has 0 bridgehead atoms. The predicted octanol–water partition coefficient (Wildman–Crippen LogP) is 3.31. The first-order chi connectivity index (χ1) is 11.7. The summed E-state index contributed by atoms with van der Waals surface area (Å²) in [6, 6.07) is 7.22. The average molecular weight is 317 g/mol. The molecular weight excluding hydrogens is 305 g/mol. The van der Waals surface area contributed by atoms with Crippen molar-refractivity contribution >= 4 is 16.5 Å². The summed E-state index contributed by atoms with van der Waals surface area (Å²) in [6.45, 7) is 0. The van der Waals surface area contributed by atoms with E-state index in [4.69, 9.17) is 0 Å². The van der Waals surface area contributed by atoms with E-state index in [1.54, 1.807) is 42.6 Å². The summed E-state index contributed by atoms with van der Waals surface area (Å²) in [6.07, 6.45) is 11.1. The molecule has 0 fully saturated rings. The largest absolute Gasteiger partial charge is 0.278 e. The van der Waals surface area contributed by atoms with Gasteiger partial charge in [0.15, 0.2) is 5.67 Å². The van der Waals surface area contributed by atoms with Crippen LogP contribution in [0.3, 0.4) is 0 Å². The maximum Gasteiger partial charge on any atom is 0.182 e. The first-order valence-corrected chi connectivity index (χ1v) is 7.41. The van der Waals surface area contributed by atoms with Crippen LogP contribution in [0.1, 0.15) is 11.3 Å². The van der Waals surface area contributed by atoms with E-state index in [9.17, 15) is 5.26 Å². The number of rotatable bonds is 2. The van der Waals surface area contributed by atoms with E-state index in [0.717, 1.165) is 5.39 Å². The van der Waals surface area contributed by atoms with Crippen LogP contribution in [0.15, 0.2) is 61.2 Å². The number of nitrogens with one attached hydrogen (secondary N) is 1. The molecular formula is C18H12FN5. The zero-order valence-corrected chi connectivity index (χ0v) is 12.5. The highest BCUT2D eigenvalue weighted by Gasteiger charge is 2.46. The van der Waals surface area contributed by atoms with E-state index in [1.807, 2.05) is 0 Å². The third-order valence-electron chi connectivity index (χ3n) is 4.23. The number of allylic oxidation sites excluding steroid dienone is 4. The Labute approximate surface area is 137 Å². The van der Waals surface area contributed by atoms with Gasteiger partial charge in [0.2, 0.25) is 0 Å². The molecule has 4 rings (SSSR count). The van der Waals surface area contributed by atoms with Crippen molar-refractivity contribution in [2.24, 2.45) is 5.92 Å². The van der Waals surface area contributed by atoms with Crippen LogP contribution < -0.4 is 0 Å². The molecule has 2 unspecified atom stereocenters. The highest BCUT2D eigenvalue weighted by molar-refractivity contribution is 5.82. The summed E-state index contributed by atoms with van der Waals surface area (Å²) >= 11 is 0. The quantitative estimate of drug-likeness (QED) is 0.786. The first kappa shape index (κ1) is 14.3. The van der Waals surface area contributed by atoms with Gasteiger partial charge in [-0.3, -0.25) is 15.1 Å². The lowest BCUT2D eigenvalue weighted by Crippen LogP contribution is -2.32. The van der Waals surface area contributed by atoms with E-state index in [-0.39, 0.29) is 0 Å². The Morgan fingerprint density at radius 3 is 2.96 bits per heavy atom. The van der Waals surface area contributed by atoms with E-state index in [1.165, 1.54) is 18.6 Å². The van der Waals surface area contributed by atoms with Crippen LogP contribution in [0.5, 0.6) is 0 Å². The molecule has 0 radical (unpaired) electrons. The Morgan fingerprint density at radius 1 is 1.25 bits per heavy atom. The molecule has 3 aromatic rings. The molecule has 0 saturated carbocycles. The smallest absolute Gasteiger partial charge is 0.182 e. The normalized spacial score (nSPS) is 23.0. The Bertz CT molecular complexity index is 999. The van der Waals surface area contributed by atoms with Crippen molar-refractivity contribution in [2.75, 3.05) is 0 Å². The SMILES string of the molecule is N#CC1C=CC=C(c2cnccn2)C1(F)c1ccc2cn[nH]c2c1. The van der Waals surface area contributed by atoms with Crippen molar-refractivity contribution in [1.82, 2.24) is 20.2 Å². The van der Waals surface area contributed by atoms with E-state index in [0.29, 0.717) is 22.3 Å². The molecule has 0 amide bonds. The van der Waals surface area contributed by atoms with Crippen molar-refractivity contribution in [1.29, 1.82) is 5.26 Å². The maximum absolute atomic E-state index is 16.3. The number of H-pyrrole nitrogens is 1. The zero-order valence-electron chi connectivity index (χ0n) is 12.5. The third kappa shape index (κ3) is 2.02. The van der Waals surface area contributed by atoms with Crippen LogP contribution in [0.4, 0.5) is 4.39 Å². The van der Waals surface area contributed by atoms with Gasteiger partial charge in [-0.25, -0.2) is 4.39 Å². The van der Waals surface area contributed by atoms with Crippen molar-refractivity contribution < 1.29 is 4.39 Å². The fraction of sp³-hybridized carbons (Fsp3) is 0.111. The molecule has 1 N–H and O–H groups in total. The monoisotopic (exact) mass is 317 g/mol. The summed E-state index contributed by atoms with van der Waals surface area (Å²) in [5.74, 6) is -0.958. The number of benzene rings is 1. The summed E-state index contributed by atoms with van der Waals surface area (Å²) < 4.78 is 16.3. The third-order valence-corrected chi connectivity index (χ3v) is 4.23. The predicted molar refractivity (Wildman–Crippen MR) is 87.1 cm³/mol. The minimum Gasteiger partial charge on any atom is -0.278 e. The van der Waals surface area contributed by atoms with Crippen molar-refractivity contribution in [3.63, 3.8) is 0 Å². The number of nitrogens with zero attached hydrogens (tertiary/aromatic N) is 4. The van der Waals surface area contributed by atoms with Crippen LogP contribution >= 0.6 is 0 Å². The van der Waals surface area contributed by atoms with Gasteiger partial charge in [-0.15, -0.1) is 0 Å². The van der Waals surface area contributed by atoms with Crippen LogP contribution in [-0.2, 0) is 5.67 Å². The van der Waals surface area contributed by atoms with Gasteiger partial charge in [0.05, 0.1) is 29.7 Å². The Hall–Kier alpha value is -3.33. The molecule has 1 aliphatic rings. The lowest BCUT2D eigenvalue weighted by atomic mass is 9.74. The molecule has 2 aromatic heterocycles. The van der Waals surface area contributed by atoms with Gasteiger partial charge in [0.1, 0.15) is 5.92 Å². The molecule has 5 nitrogen and oxygen atoms in total. The molecule has 1 aliphatic carbocycles. The molecule has 6 heteroatoms. The highest BCUT2D eigenvalue weighted by Crippen LogP contribution is 2.48. The maximum atomic E-state index is 16.3. The summed E-state index contributed by atoms with van der Waals surface area (Å²) in [5.41, 5.74) is -0.183. The zero-order chi connectivity index (χ0) is 16.6. The Kier molecular flexibility index (Phi) is 3.21. The molecule has 24 heavy (non-hydrogen) atoms. The second kappa shape index (κ2) is 5.39. The fourth-order valence-corrected chi connectivity index (χ4v) is 3.02. The number of hydrogen-bond donors (Lipinski definition) is 1. The van der Waals surface area contributed by atoms with Gasteiger partial charge in [0, 0.05) is 23.4 Å². The summed E-state index contributed by atoms with van der Waals surface area (Å²) in [4.78, 5) is 8.23. The van der Waals surface area contributed by atoms with E-state index < -0.39 is 11.6 Å². The van der Waals surface area contributed by atoms with Crippen LogP contribution in [0.2, 0.25) is 0 Å². The number of hydrogen-bond acceptors (Lipinski definition) is 4. The number of fused-ring (bicyclic) bond motifs is 1. The Balaban J connectivity index is 1.94. The molecule has 116 valence electrons. The molecule has 0 aliphatic heterocycles. The average Bonchev–Trinajstić information content (AvgIpc) is 3.10. The van der Waals surface area contributed by atoms with E-state index in [2.05, 4.69) is 26.2 Å². The van der Waals surface area contributed by atoms with Crippen molar-refractivity contribution in [3.8, 4) is 6.07 Å². The second-order valence-electron chi connectivity index (χ2n) is 5.55. The van der Waals surface area contributed by atoms with Crippen LogP contribution in [0.25, 0.3) is 16.5 Å². The Morgan fingerprint density at radius 2 is 2.17 bits per heavy atom. The minimum atomic E-state index is -2.02. The number of halogens is 1. The lowest BCUT2D eigenvalue weighted by molar-refractivity contribution is 0.209. The van der Waals surface area contributed by atoms with Crippen molar-refractivity contribution in [2.45, 2.75) is 5.67 Å². The van der Waals surface area contributed by atoms with E-state index >= 15 is 4.39 Å². The van der Waals surface area contributed by atoms with Gasteiger partial charge in [0.25, 0.3) is 0 Å². The summed E-state index contributed by atoms with van der Waals surface area (Å²) in [7, 11) is 0. The van der Waals surface area contributed by atoms with Gasteiger partial charge in [-0.2, -0.15) is 10.4 Å². The number of aromatic amines is 1. The topological polar surface area (TPSA) is 78.2 Å². The number of aromatic nitrogens is 4. The molecule has 1 aromatic carbocycles. The molecule has 0 saturated heterocycles. The standard InChI is InChI=1S/C18H12FN5/c19-18(13-5-4-12-10-23-24-16(12)8-13)14(9-20)2-1-3-15(18)17-11-21-6-7-22-17/h1-8,10-11,14H,(H,23,24). The number of nitriles is 1. The first-order valence-electron chi connectivity index (χ1n) is 7.41. The van der Waals surface area contributed by atoms with Gasteiger partial charge < -0.3 is 0 Å². The van der Waals surface area contributed by atoms with Crippen LogP contribution in [0, 0.1) is 17.2 Å². The molecule has 2 heterocycles. The van der Waals surface area contributed by atoms with Gasteiger partial charge in [-0.05, 0) is 11.6 Å². The number of alkyl halides is 1. The second-order valence-corrected chi connectivity index (χ2v) is 5.55. The molecule has 2 atom stereocenters. The lowest BCUT2D eigenvalue weighted by Gasteiger charge is -2.33.